The minimum Gasteiger partial charge on any atom is -0.462 e. The molecule has 2 aromatic carbocycles. The zero-order chi connectivity index (χ0) is 31.5. The molecule has 1 aromatic heterocycles. The third kappa shape index (κ3) is 6.48. The zero-order valence-corrected chi connectivity index (χ0v) is 26.9. The molecule has 3 aliphatic rings. The van der Waals surface area contributed by atoms with Crippen LogP contribution in [-0.4, -0.2) is 90.7 Å². The normalized spacial score (nSPS) is 19.2. The number of aryl methyl sites for hydroxylation is 1. The number of nitrogens with zero attached hydrogens (tertiary/aromatic N) is 7. The van der Waals surface area contributed by atoms with E-state index in [4.69, 9.17) is 21.3 Å². The van der Waals surface area contributed by atoms with E-state index < -0.39 is 0 Å². The lowest BCUT2D eigenvalue weighted by Crippen LogP contribution is -2.56. The van der Waals surface area contributed by atoms with Crippen molar-refractivity contribution in [3.63, 3.8) is 0 Å². The minimum absolute atomic E-state index is 0.127. The second-order valence-corrected chi connectivity index (χ2v) is 12.9. The number of benzene rings is 2. The average Bonchev–Trinajstić information content (AvgIpc) is 3.04. The molecule has 2 atom stereocenters. The van der Waals surface area contributed by atoms with E-state index in [2.05, 4.69) is 83.4 Å². The molecule has 236 valence electrons. The molecule has 2 fully saturated rings. The molecule has 3 heterocycles. The Hall–Kier alpha value is -4.16. The summed E-state index contributed by atoms with van der Waals surface area (Å²) in [4.78, 5) is 35.1. The molecular weight excluding hydrogens is 562 g/mol. The molecule has 0 unspecified atom stereocenters. The molecule has 6 rings (SSSR count). The summed E-state index contributed by atoms with van der Waals surface area (Å²) in [5, 5.41) is 2.52. The van der Waals surface area contributed by atoms with Crippen molar-refractivity contribution in [3.8, 4) is 6.01 Å². The molecular formula is C36H45N7O2. The van der Waals surface area contributed by atoms with Crippen molar-refractivity contribution in [2.75, 3.05) is 62.7 Å². The second-order valence-electron chi connectivity index (χ2n) is 12.9. The molecule has 0 bridgehead atoms. The van der Waals surface area contributed by atoms with Crippen LogP contribution in [0, 0.1) is 19.4 Å². The summed E-state index contributed by atoms with van der Waals surface area (Å²) < 4.78 is 6.37. The van der Waals surface area contributed by atoms with Crippen molar-refractivity contribution in [1.29, 1.82) is 0 Å². The lowest BCUT2D eigenvalue weighted by molar-refractivity contribution is -0.128. The standard InChI is InChI=1S/C36H45N7O2/c1-6-33(44)43-19-18-42(22-29(43)20-37-4)35-30-16-17-41(32-15-9-14-28-13-7-10-25(2)34(28)32)23-31(30)38-36(39-35)45-24-26(3)40(5)21-27-11-8-12-27/h6-7,9-10,13-15,26-27,29H,1,8,11-12,16-24H2,2-3,5H3/t26-,29-/m0/s1. The van der Waals surface area contributed by atoms with E-state index in [1.165, 1.54) is 47.4 Å². The van der Waals surface area contributed by atoms with Gasteiger partial charge in [0.15, 0.2) is 0 Å². The Kier molecular flexibility index (Phi) is 9.22. The van der Waals surface area contributed by atoms with Crippen LogP contribution in [0.4, 0.5) is 11.5 Å². The first-order chi connectivity index (χ1) is 21.9. The fraction of sp³-hybridized carbons (Fsp3) is 0.500. The third-order valence-electron chi connectivity index (χ3n) is 9.97. The molecule has 0 N–H and O–H groups in total. The van der Waals surface area contributed by atoms with Crippen molar-refractivity contribution in [3.05, 3.63) is 77.3 Å². The van der Waals surface area contributed by atoms with Crippen molar-refractivity contribution in [2.45, 2.75) is 58.2 Å². The maximum absolute atomic E-state index is 12.6. The minimum atomic E-state index is -0.226. The number of piperazine rings is 1. The van der Waals surface area contributed by atoms with Crippen LogP contribution in [0.2, 0.25) is 0 Å². The maximum atomic E-state index is 12.6. The molecule has 0 radical (unpaired) electrons. The van der Waals surface area contributed by atoms with Gasteiger partial charge < -0.3 is 29.2 Å². The molecule has 1 amide bonds. The summed E-state index contributed by atoms with van der Waals surface area (Å²) in [6.07, 6.45) is 6.13. The van der Waals surface area contributed by atoms with Crippen LogP contribution in [0.1, 0.15) is 43.0 Å². The number of carbonyl (C=O) groups excluding carboxylic acids is 1. The Bertz CT molecular complexity index is 1590. The van der Waals surface area contributed by atoms with Gasteiger partial charge >= 0.3 is 6.01 Å². The van der Waals surface area contributed by atoms with Crippen LogP contribution < -0.4 is 14.5 Å². The number of aromatic nitrogens is 2. The van der Waals surface area contributed by atoms with Gasteiger partial charge in [-0.25, -0.2) is 6.57 Å². The van der Waals surface area contributed by atoms with E-state index in [1.807, 2.05) is 0 Å². The highest BCUT2D eigenvalue weighted by Gasteiger charge is 2.35. The largest absolute Gasteiger partial charge is 0.462 e. The molecule has 1 saturated heterocycles. The summed E-state index contributed by atoms with van der Waals surface area (Å²) in [6.45, 7) is 20.6. The summed E-state index contributed by atoms with van der Waals surface area (Å²) in [5.74, 6) is 1.54. The van der Waals surface area contributed by atoms with E-state index in [1.54, 1.807) is 4.90 Å². The van der Waals surface area contributed by atoms with Gasteiger partial charge in [-0.1, -0.05) is 43.3 Å². The third-order valence-corrected chi connectivity index (χ3v) is 9.97. The Labute approximate surface area is 267 Å². The van der Waals surface area contributed by atoms with Gasteiger partial charge in [-0.3, -0.25) is 4.79 Å². The first-order valence-corrected chi connectivity index (χ1v) is 16.3. The Balaban J connectivity index is 1.30. The van der Waals surface area contributed by atoms with Crippen LogP contribution in [0.15, 0.2) is 49.1 Å². The molecule has 9 nitrogen and oxygen atoms in total. The summed E-state index contributed by atoms with van der Waals surface area (Å²) in [5.41, 5.74) is 4.60. The highest BCUT2D eigenvalue weighted by Crippen LogP contribution is 2.36. The van der Waals surface area contributed by atoms with Crippen LogP contribution in [-0.2, 0) is 17.8 Å². The van der Waals surface area contributed by atoms with E-state index in [0.717, 1.165) is 42.5 Å². The number of likely N-dealkylation sites (N-methyl/N-ethyl adjacent to an activating group) is 1. The number of amides is 1. The van der Waals surface area contributed by atoms with Gasteiger partial charge in [0.25, 0.3) is 0 Å². The Morgan fingerprint density at radius 3 is 2.71 bits per heavy atom. The second kappa shape index (κ2) is 13.5. The Morgan fingerprint density at radius 2 is 1.98 bits per heavy atom. The summed E-state index contributed by atoms with van der Waals surface area (Å²) in [6, 6.07) is 13.4. The molecule has 1 saturated carbocycles. The molecule has 0 spiro atoms. The van der Waals surface area contributed by atoms with Gasteiger partial charge in [0.2, 0.25) is 12.5 Å². The highest BCUT2D eigenvalue weighted by molar-refractivity contribution is 5.97. The van der Waals surface area contributed by atoms with Gasteiger partial charge in [0.05, 0.1) is 12.2 Å². The lowest BCUT2D eigenvalue weighted by atomic mass is 9.85. The van der Waals surface area contributed by atoms with Gasteiger partial charge in [0, 0.05) is 55.4 Å². The fourth-order valence-electron chi connectivity index (χ4n) is 6.99. The van der Waals surface area contributed by atoms with Crippen molar-refractivity contribution >= 4 is 28.2 Å². The van der Waals surface area contributed by atoms with E-state index in [9.17, 15) is 4.79 Å². The maximum Gasteiger partial charge on any atom is 0.318 e. The van der Waals surface area contributed by atoms with E-state index in [0.29, 0.717) is 38.8 Å². The summed E-state index contributed by atoms with van der Waals surface area (Å²) in [7, 11) is 2.18. The van der Waals surface area contributed by atoms with Gasteiger partial charge in [0.1, 0.15) is 18.5 Å². The first kappa shape index (κ1) is 30.8. The lowest BCUT2D eigenvalue weighted by Gasteiger charge is -2.41. The van der Waals surface area contributed by atoms with Crippen molar-refractivity contribution in [1.82, 2.24) is 19.8 Å². The topological polar surface area (TPSA) is 69.4 Å². The quantitative estimate of drug-likeness (QED) is 0.234. The van der Waals surface area contributed by atoms with Crippen LogP contribution in [0.25, 0.3) is 15.6 Å². The zero-order valence-electron chi connectivity index (χ0n) is 26.9. The SMILES string of the molecule is [C-]#[N+]C[C@H]1CN(c2nc(OC[C@H](C)N(C)CC3CCC3)nc3c2CCN(c2cccc4cccc(C)c24)C3)CCN1C(=O)C=C. The number of rotatable bonds is 10. The molecule has 9 heteroatoms. The number of hydrogen-bond donors (Lipinski definition) is 0. The average molecular weight is 608 g/mol. The van der Waals surface area contributed by atoms with Gasteiger partial charge in [-0.2, -0.15) is 9.97 Å². The number of carbonyl (C=O) groups is 1. The molecule has 2 aliphatic heterocycles. The highest BCUT2D eigenvalue weighted by atomic mass is 16.5. The molecule has 3 aromatic rings. The van der Waals surface area contributed by atoms with Crippen LogP contribution in [0.3, 0.4) is 0 Å². The monoisotopic (exact) mass is 607 g/mol. The predicted molar refractivity (Wildman–Crippen MR) is 180 cm³/mol. The number of ether oxygens (including phenoxy) is 1. The van der Waals surface area contributed by atoms with Gasteiger partial charge in [-0.05, 0) is 69.2 Å². The smallest absolute Gasteiger partial charge is 0.318 e. The number of anilines is 2. The first-order valence-electron chi connectivity index (χ1n) is 16.3. The number of hydrogen-bond acceptors (Lipinski definition) is 7. The Morgan fingerprint density at radius 1 is 1.18 bits per heavy atom. The molecule has 45 heavy (non-hydrogen) atoms. The van der Waals surface area contributed by atoms with Crippen LogP contribution >= 0.6 is 0 Å². The van der Waals surface area contributed by atoms with Crippen molar-refractivity contribution in [2.24, 2.45) is 5.92 Å². The van der Waals surface area contributed by atoms with Crippen molar-refractivity contribution < 1.29 is 9.53 Å². The van der Waals surface area contributed by atoms with Gasteiger partial charge in [-0.15, -0.1) is 0 Å². The number of fused-ring (bicyclic) bond motifs is 2. The van der Waals surface area contributed by atoms with E-state index in [-0.39, 0.29) is 24.5 Å². The van der Waals surface area contributed by atoms with Crippen LogP contribution in [0.5, 0.6) is 6.01 Å². The fourth-order valence-corrected chi connectivity index (χ4v) is 6.99. The van der Waals surface area contributed by atoms with E-state index >= 15 is 0 Å². The predicted octanol–water partition coefficient (Wildman–Crippen LogP) is 5.12. The molecule has 1 aliphatic carbocycles. The summed E-state index contributed by atoms with van der Waals surface area (Å²) >= 11 is 0.